The first kappa shape index (κ1) is 11.6. The summed E-state index contributed by atoms with van der Waals surface area (Å²) in [7, 11) is -0.521. The Labute approximate surface area is 95.1 Å². The molecule has 0 amide bonds. The maximum absolute atomic E-state index is 11.3. The molecule has 0 saturated carbocycles. The van der Waals surface area contributed by atoms with Gasteiger partial charge >= 0.3 is 0 Å². The van der Waals surface area contributed by atoms with E-state index in [0.717, 1.165) is 37.4 Å². The molecule has 0 aromatic carbocycles. The van der Waals surface area contributed by atoms with E-state index in [1.165, 1.54) is 13.0 Å². The fraction of sp³-hybridized carbons (Fsp3) is 1.00. The summed E-state index contributed by atoms with van der Waals surface area (Å²) in [6.45, 7) is 5.79. The van der Waals surface area contributed by atoms with Crippen LogP contribution in [0.4, 0.5) is 0 Å². The molecule has 88 valence electrons. The van der Waals surface area contributed by atoms with Gasteiger partial charge in [0.25, 0.3) is 0 Å². The molecule has 2 heterocycles. The Morgan fingerprint density at radius 3 is 2.80 bits per heavy atom. The van der Waals surface area contributed by atoms with Crippen molar-refractivity contribution in [2.24, 2.45) is 0 Å². The van der Waals surface area contributed by atoms with Crippen LogP contribution in [0, 0.1) is 0 Å². The Balaban J connectivity index is 1.88. The van der Waals surface area contributed by atoms with Gasteiger partial charge in [-0.25, -0.2) is 0 Å². The molecule has 4 heteroatoms. The van der Waals surface area contributed by atoms with Crippen molar-refractivity contribution in [1.29, 1.82) is 0 Å². The molecular weight excluding hydrogens is 208 g/mol. The topological polar surface area (TPSA) is 32.3 Å². The standard InChI is InChI=1S/C11H22N2OS/c1-10-9-13(6-2-5-12-10)11-3-7-15(14)8-4-11/h10-12H,2-9H2,1H3. The molecule has 1 atom stereocenters. The summed E-state index contributed by atoms with van der Waals surface area (Å²) in [5.74, 6) is 1.84. The zero-order chi connectivity index (χ0) is 10.7. The first-order valence-electron chi connectivity index (χ1n) is 6.08. The molecule has 0 aromatic heterocycles. The number of nitrogens with zero attached hydrogens (tertiary/aromatic N) is 1. The van der Waals surface area contributed by atoms with Gasteiger partial charge in [-0.3, -0.25) is 9.11 Å². The van der Waals surface area contributed by atoms with E-state index >= 15 is 0 Å². The highest BCUT2D eigenvalue weighted by Crippen LogP contribution is 2.17. The second-order valence-electron chi connectivity index (χ2n) is 4.78. The monoisotopic (exact) mass is 230 g/mol. The predicted molar refractivity (Wildman–Crippen MR) is 64.6 cm³/mol. The lowest BCUT2D eigenvalue weighted by Crippen LogP contribution is -2.44. The summed E-state index contributed by atoms with van der Waals surface area (Å²) in [4.78, 5) is 2.61. The molecule has 0 spiro atoms. The van der Waals surface area contributed by atoms with Crippen LogP contribution in [0.25, 0.3) is 0 Å². The SMILES string of the molecule is CC1CN(C2CCS(=O)CC2)CCCN1. The van der Waals surface area contributed by atoms with Gasteiger partial charge in [0.2, 0.25) is 0 Å². The fourth-order valence-electron chi connectivity index (χ4n) is 2.62. The van der Waals surface area contributed by atoms with E-state index in [2.05, 4.69) is 17.1 Å². The molecule has 2 aliphatic heterocycles. The lowest BCUT2D eigenvalue weighted by molar-refractivity contribution is 0.184. The van der Waals surface area contributed by atoms with Crippen LogP contribution in [0.5, 0.6) is 0 Å². The van der Waals surface area contributed by atoms with Crippen LogP contribution in [-0.2, 0) is 10.8 Å². The second kappa shape index (κ2) is 5.41. The van der Waals surface area contributed by atoms with Crippen LogP contribution in [0.2, 0.25) is 0 Å². The summed E-state index contributed by atoms with van der Waals surface area (Å²) >= 11 is 0. The van der Waals surface area contributed by atoms with E-state index in [-0.39, 0.29) is 0 Å². The van der Waals surface area contributed by atoms with Gasteiger partial charge in [0.05, 0.1) is 0 Å². The zero-order valence-electron chi connectivity index (χ0n) is 9.58. The van der Waals surface area contributed by atoms with Crippen molar-refractivity contribution >= 4 is 10.8 Å². The van der Waals surface area contributed by atoms with E-state index in [0.29, 0.717) is 12.1 Å². The molecule has 2 aliphatic rings. The highest BCUT2D eigenvalue weighted by Gasteiger charge is 2.25. The van der Waals surface area contributed by atoms with Gasteiger partial charge in [-0.2, -0.15) is 0 Å². The van der Waals surface area contributed by atoms with Crippen LogP contribution in [-0.4, -0.2) is 52.3 Å². The third-order valence-corrected chi connectivity index (χ3v) is 4.88. The smallest absolute Gasteiger partial charge is 0.0249 e. The third kappa shape index (κ3) is 3.26. The van der Waals surface area contributed by atoms with Crippen molar-refractivity contribution < 1.29 is 4.21 Å². The lowest BCUT2D eigenvalue weighted by Gasteiger charge is -2.34. The van der Waals surface area contributed by atoms with Gasteiger partial charge in [-0.1, -0.05) is 0 Å². The van der Waals surface area contributed by atoms with Gasteiger partial charge in [-0.15, -0.1) is 0 Å². The summed E-state index contributed by atoms with van der Waals surface area (Å²) in [6, 6.07) is 1.31. The minimum Gasteiger partial charge on any atom is -0.313 e. The Kier molecular flexibility index (Phi) is 4.17. The van der Waals surface area contributed by atoms with E-state index < -0.39 is 10.8 Å². The molecule has 1 N–H and O–H groups in total. The lowest BCUT2D eigenvalue weighted by atomic mass is 10.1. The molecule has 0 aromatic rings. The largest absolute Gasteiger partial charge is 0.313 e. The predicted octanol–water partition coefficient (Wildman–Crippen LogP) is 0.581. The fourth-order valence-corrected chi connectivity index (χ4v) is 3.89. The molecule has 1 unspecified atom stereocenters. The molecule has 15 heavy (non-hydrogen) atoms. The normalized spacial score (nSPS) is 39.9. The number of hydrogen-bond acceptors (Lipinski definition) is 3. The molecular formula is C11H22N2OS. The molecule has 2 fully saturated rings. The molecule has 3 nitrogen and oxygen atoms in total. The summed E-state index contributed by atoms with van der Waals surface area (Å²) in [5, 5.41) is 3.52. The number of rotatable bonds is 1. The summed E-state index contributed by atoms with van der Waals surface area (Å²) in [6.07, 6.45) is 3.53. The minimum absolute atomic E-state index is 0.521. The first-order chi connectivity index (χ1) is 7.25. The van der Waals surface area contributed by atoms with E-state index in [1.54, 1.807) is 0 Å². The van der Waals surface area contributed by atoms with E-state index in [4.69, 9.17) is 0 Å². The van der Waals surface area contributed by atoms with Crippen molar-refractivity contribution in [3.05, 3.63) is 0 Å². The summed E-state index contributed by atoms with van der Waals surface area (Å²) < 4.78 is 11.3. The highest BCUT2D eigenvalue weighted by atomic mass is 32.2. The van der Waals surface area contributed by atoms with Gasteiger partial charge in [0.1, 0.15) is 0 Å². The van der Waals surface area contributed by atoms with E-state index in [9.17, 15) is 4.21 Å². The van der Waals surface area contributed by atoms with Crippen molar-refractivity contribution in [2.75, 3.05) is 31.1 Å². The Morgan fingerprint density at radius 1 is 1.33 bits per heavy atom. The van der Waals surface area contributed by atoms with Crippen LogP contribution >= 0.6 is 0 Å². The average Bonchev–Trinajstić information content (AvgIpc) is 2.44. The highest BCUT2D eigenvalue weighted by molar-refractivity contribution is 7.85. The second-order valence-corrected chi connectivity index (χ2v) is 6.48. The molecule has 0 radical (unpaired) electrons. The Hall–Kier alpha value is 0.0700. The maximum atomic E-state index is 11.3. The van der Waals surface area contributed by atoms with Crippen molar-refractivity contribution in [1.82, 2.24) is 10.2 Å². The maximum Gasteiger partial charge on any atom is 0.0249 e. The van der Waals surface area contributed by atoms with Crippen LogP contribution < -0.4 is 5.32 Å². The van der Waals surface area contributed by atoms with Gasteiger partial charge in [0, 0.05) is 40.9 Å². The molecule has 2 saturated heterocycles. The Bertz CT molecular complexity index is 225. The van der Waals surface area contributed by atoms with Crippen LogP contribution in [0.3, 0.4) is 0 Å². The Morgan fingerprint density at radius 2 is 2.07 bits per heavy atom. The third-order valence-electron chi connectivity index (χ3n) is 3.50. The van der Waals surface area contributed by atoms with Crippen LogP contribution in [0.15, 0.2) is 0 Å². The number of nitrogens with one attached hydrogen (secondary N) is 1. The average molecular weight is 230 g/mol. The first-order valence-corrected chi connectivity index (χ1v) is 7.57. The van der Waals surface area contributed by atoms with Gasteiger partial charge in [-0.05, 0) is 39.3 Å². The quantitative estimate of drug-likeness (QED) is 0.715. The van der Waals surface area contributed by atoms with Crippen molar-refractivity contribution in [3.8, 4) is 0 Å². The van der Waals surface area contributed by atoms with Crippen molar-refractivity contribution in [2.45, 2.75) is 38.3 Å². The van der Waals surface area contributed by atoms with Gasteiger partial charge in [0.15, 0.2) is 0 Å². The summed E-state index contributed by atoms with van der Waals surface area (Å²) in [5.41, 5.74) is 0. The molecule has 2 rings (SSSR count). The minimum atomic E-state index is -0.521. The zero-order valence-corrected chi connectivity index (χ0v) is 10.4. The van der Waals surface area contributed by atoms with Crippen LogP contribution in [0.1, 0.15) is 26.2 Å². The van der Waals surface area contributed by atoms with Crippen molar-refractivity contribution in [3.63, 3.8) is 0 Å². The molecule has 0 aliphatic carbocycles. The molecule has 0 bridgehead atoms. The van der Waals surface area contributed by atoms with E-state index in [1.807, 2.05) is 0 Å². The van der Waals surface area contributed by atoms with Gasteiger partial charge < -0.3 is 5.32 Å². The number of hydrogen-bond donors (Lipinski definition) is 1.